The van der Waals surface area contributed by atoms with E-state index in [4.69, 9.17) is 42.1 Å². The molecule has 0 amide bonds. The molecule has 0 bridgehead atoms. The second-order valence-corrected chi connectivity index (χ2v) is 15.4. The summed E-state index contributed by atoms with van der Waals surface area (Å²) in [7, 11) is 0. The van der Waals surface area contributed by atoms with E-state index in [1.807, 2.05) is 13.8 Å². The summed E-state index contributed by atoms with van der Waals surface area (Å²) in [6.07, 6.45) is 3.72. The summed E-state index contributed by atoms with van der Waals surface area (Å²) >= 11 is 13.6. The molecule has 0 aliphatic heterocycles. The normalized spacial score (nSPS) is 16.7. The van der Waals surface area contributed by atoms with Crippen molar-refractivity contribution < 1.29 is 49.0 Å². The van der Waals surface area contributed by atoms with Crippen LogP contribution in [0.25, 0.3) is 11.1 Å². The van der Waals surface area contributed by atoms with Crippen LogP contribution in [0.15, 0.2) is 60.7 Å². The third-order valence-electron chi connectivity index (χ3n) is 10.9. The summed E-state index contributed by atoms with van der Waals surface area (Å²) in [6, 6.07) is 18.8. The summed E-state index contributed by atoms with van der Waals surface area (Å²) in [5.74, 6) is -0.517. The molecule has 58 heavy (non-hydrogen) atoms. The molecule has 0 fully saturated rings. The largest absolute Gasteiger partial charge is 0.493 e. The molecule has 0 aromatic heterocycles. The minimum absolute atomic E-state index is 0.0742. The van der Waals surface area contributed by atoms with Gasteiger partial charge in [0.05, 0.1) is 29.2 Å². The average Bonchev–Trinajstić information content (AvgIpc) is 3.81. The van der Waals surface area contributed by atoms with E-state index >= 15 is 0 Å². The van der Waals surface area contributed by atoms with Crippen molar-refractivity contribution in [3.05, 3.63) is 104 Å². The number of hydrogen-bond acceptors (Lipinski definition) is 9. The van der Waals surface area contributed by atoms with Gasteiger partial charge < -0.3 is 44.7 Å². The van der Waals surface area contributed by atoms with Gasteiger partial charge >= 0.3 is 11.9 Å². The van der Waals surface area contributed by atoms with E-state index in [0.29, 0.717) is 64.7 Å². The van der Waals surface area contributed by atoms with Crippen LogP contribution in [0.3, 0.4) is 0 Å². The fourth-order valence-corrected chi connectivity index (χ4v) is 8.55. The smallest absolute Gasteiger partial charge is 0.320 e. The summed E-state index contributed by atoms with van der Waals surface area (Å²) < 4.78 is 25.1. The Hall–Kier alpha value is -4.52. The van der Waals surface area contributed by atoms with Gasteiger partial charge in [-0.05, 0) is 116 Å². The fourth-order valence-electron chi connectivity index (χ4n) is 8.09. The first-order valence-corrected chi connectivity index (χ1v) is 20.7. The molecule has 2 aliphatic rings. The Morgan fingerprint density at radius 3 is 1.71 bits per heavy atom. The maximum Gasteiger partial charge on any atom is 0.320 e. The molecule has 2 aliphatic carbocycles. The second-order valence-electron chi connectivity index (χ2n) is 14.6. The van der Waals surface area contributed by atoms with Gasteiger partial charge in [-0.2, -0.15) is 0 Å². The van der Waals surface area contributed by atoms with E-state index in [0.717, 1.165) is 53.5 Å². The van der Waals surface area contributed by atoms with Crippen molar-refractivity contribution in [2.75, 3.05) is 26.4 Å². The first-order valence-electron chi connectivity index (χ1n) is 19.9. The minimum Gasteiger partial charge on any atom is -0.493 e. The number of benzene rings is 4. The molecular weight excluding hydrogens is 785 g/mol. The fraction of sp³-hybridized carbons (Fsp3) is 0.422. The number of aliphatic hydroxyl groups excluding tert-OH is 2. The van der Waals surface area contributed by atoms with Crippen LogP contribution >= 0.6 is 23.2 Å². The summed E-state index contributed by atoms with van der Waals surface area (Å²) in [6.45, 7) is 4.32. The molecule has 4 aromatic rings. The van der Waals surface area contributed by atoms with Gasteiger partial charge in [-0.1, -0.05) is 59.6 Å². The molecule has 5 N–H and O–H groups in total. The molecule has 0 unspecified atom stereocenters. The minimum atomic E-state index is -1.04. The zero-order valence-electron chi connectivity index (χ0n) is 32.8. The Bertz CT molecular complexity index is 1940. The summed E-state index contributed by atoms with van der Waals surface area (Å²) in [5.41, 5.74) is 8.43. The van der Waals surface area contributed by atoms with Crippen LogP contribution in [-0.2, 0) is 35.4 Å². The number of hydrogen-bond donors (Lipinski definition) is 5. The van der Waals surface area contributed by atoms with Gasteiger partial charge in [-0.3, -0.25) is 9.59 Å². The average molecular weight is 837 g/mol. The predicted octanol–water partition coefficient (Wildman–Crippen LogP) is 8.53. The summed E-state index contributed by atoms with van der Waals surface area (Å²) in [4.78, 5) is 23.3. The SMILES string of the molecule is CCOc1cc(O[C@H]2CCc3c(-c4cccc5c4CC[C@@H]5Oc4cc(OCC)c(CN[C@@H](CCO)C(=O)O)cc4Cl)cccc32)c(Cl)cc1CC[C@@H](CCO)C(=O)O. The number of ether oxygens (including phenoxy) is 4. The molecule has 0 spiro atoms. The highest BCUT2D eigenvalue weighted by Crippen LogP contribution is 2.47. The van der Waals surface area contributed by atoms with Gasteiger partial charge in [-0.25, -0.2) is 0 Å². The number of fused-ring (bicyclic) bond motifs is 2. The first-order chi connectivity index (χ1) is 28.1. The lowest BCUT2D eigenvalue weighted by Gasteiger charge is -2.21. The molecule has 6 rings (SSSR count). The van der Waals surface area contributed by atoms with Crippen LogP contribution in [0.1, 0.15) is 91.5 Å². The number of carboxylic acids is 2. The number of aliphatic hydroxyl groups is 2. The highest BCUT2D eigenvalue weighted by atomic mass is 35.5. The van der Waals surface area contributed by atoms with Crippen molar-refractivity contribution in [2.24, 2.45) is 5.92 Å². The predicted molar refractivity (Wildman–Crippen MR) is 222 cm³/mol. The Kier molecular flexibility index (Phi) is 14.8. The monoisotopic (exact) mass is 835 g/mol. The van der Waals surface area contributed by atoms with Crippen molar-refractivity contribution in [3.8, 4) is 34.1 Å². The Labute approximate surface area is 348 Å². The number of aliphatic carboxylic acids is 2. The number of carboxylic acid groups (broad SMARTS) is 2. The standard InChI is InChI=1S/C45H51Cl2NO10/c1-3-55-40-23-42(35(46)21-27(40)12-11-26(17-19-49)44(51)52)57-38-15-13-31-29(7-5-9-33(31)38)30-8-6-10-34-32(30)14-16-39(34)58-43-24-41(56-4-2)28(22-36(43)47)25-48-37(18-20-50)45(53)54/h5-10,21-24,26,37-39,48-50H,3-4,11-20,25H2,1-2H3,(H,51,52)(H,53,54)/t26-,37-,38-,39-/m0/s1. The van der Waals surface area contributed by atoms with E-state index in [9.17, 15) is 30.0 Å². The number of aryl methyl sites for hydroxylation is 1. The van der Waals surface area contributed by atoms with Gasteiger partial charge in [0, 0.05) is 37.5 Å². The van der Waals surface area contributed by atoms with Crippen molar-refractivity contribution in [1.29, 1.82) is 0 Å². The van der Waals surface area contributed by atoms with Gasteiger partial charge in [-0.15, -0.1) is 0 Å². The Balaban J connectivity index is 1.21. The lowest BCUT2D eigenvalue weighted by molar-refractivity contribution is -0.142. The molecule has 13 heteroatoms. The molecule has 0 heterocycles. The molecule has 310 valence electrons. The molecular formula is C45H51Cl2NO10. The van der Waals surface area contributed by atoms with Crippen LogP contribution in [-0.4, -0.2) is 64.8 Å². The van der Waals surface area contributed by atoms with Crippen molar-refractivity contribution in [1.82, 2.24) is 5.32 Å². The highest BCUT2D eigenvalue weighted by Gasteiger charge is 2.32. The van der Waals surface area contributed by atoms with E-state index in [-0.39, 0.29) is 44.8 Å². The van der Waals surface area contributed by atoms with Crippen LogP contribution < -0.4 is 24.3 Å². The molecule has 11 nitrogen and oxygen atoms in total. The topological polar surface area (TPSA) is 164 Å². The van der Waals surface area contributed by atoms with E-state index < -0.39 is 23.9 Å². The van der Waals surface area contributed by atoms with E-state index in [1.165, 1.54) is 11.1 Å². The third kappa shape index (κ3) is 9.84. The van der Waals surface area contributed by atoms with Crippen molar-refractivity contribution in [2.45, 2.75) is 90.0 Å². The third-order valence-corrected chi connectivity index (χ3v) is 11.5. The van der Waals surface area contributed by atoms with Crippen LogP contribution in [0.4, 0.5) is 0 Å². The maximum atomic E-state index is 11.7. The number of nitrogens with one attached hydrogen (secondary N) is 1. The van der Waals surface area contributed by atoms with Gasteiger partial charge in [0.15, 0.2) is 0 Å². The number of rotatable bonds is 21. The number of halogens is 2. The molecule has 0 saturated heterocycles. The maximum absolute atomic E-state index is 11.7. The Morgan fingerprint density at radius 2 is 1.22 bits per heavy atom. The molecule has 0 radical (unpaired) electrons. The lowest BCUT2D eigenvalue weighted by atomic mass is 9.91. The van der Waals surface area contributed by atoms with Crippen LogP contribution in [0, 0.1) is 5.92 Å². The Morgan fingerprint density at radius 1 is 0.707 bits per heavy atom. The van der Waals surface area contributed by atoms with Crippen molar-refractivity contribution in [3.63, 3.8) is 0 Å². The zero-order chi connectivity index (χ0) is 41.3. The van der Waals surface area contributed by atoms with Gasteiger partial charge in [0.25, 0.3) is 0 Å². The second kappa shape index (κ2) is 20.0. The molecule has 0 saturated carbocycles. The van der Waals surface area contributed by atoms with E-state index in [2.05, 4.69) is 41.7 Å². The van der Waals surface area contributed by atoms with Crippen molar-refractivity contribution >= 4 is 35.1 Å². The van der Waals surface area contributed by atoms with Crippen LogP contribution in [0.5, 0.6) is 23.0 Å². The van der Waals surface area contributed by atoms with Gasteiger partial charge in [0.2, 0.25) is 0 Å². The van der Waals surface area contributed by atoms with Crippen LogP contribution in [0.2, 0.25) is 10.0 Å². The highest BCUT2D eigenvalue weighted by molar-refractivity contribution is 6.32. The quantitative estimate of drug-likeness (QED) is 0.0547. The number of carbonyl (C=O) groups is 2. The first kappa shape index (κ1) is 43.1. The van der Waals surface area contributed by atoms with Gasteiger partial charge in [0.1, 0.15) is 41.2 Å². The molecule has 4 atom stereocenters. The van der Waals surface area contributed by atoms with E-state index in [1.54, 1.807) is 24.3 Å². The summed E-state index contributed by atoms with van der Waals surface area (Å²) in [5, 5.41) is 41.4. The molecule has 4 aromatic carbocycles. The zero-order valence-corrected chi connectivity index (χ0v) is 34.3. The lowest BCUT2D eigenvalue weighted by Crippen LogP contribution is -2.37.